The number of fused-ring (bicyclic) bond motifs is 1. The SMILES string of the molecule is CNCC1CCN(C(=O)C2CC(=O)Nc3ccccc32)CC1.Cl. The van der Waals surface area contributed by atoms with Gasteiger partial charge in [-0.25, -0.2) is 0 Å². The van der Waals surface area contributed by atoms with Crippen molar-refractivity contribution in [3.63, 3.8) is 0 Å². The molecule has 5 nitrogen and oxygen atoms in total. The molecule has 0 bridgehead atoms. The third kappa shape index (κ3) is 3.85. The molecule has 0 spiro atoms. The predicted octanol–water partition coefficient (Wildman–Crippen LogP) is 1.99. The normalized spacial score (nSPS) is 21.2. The number of nitrogens with one attached hydrogen (secondary N) is 2. The molecule has 0 radical (unpaired) electrons. The third-order valence-corrected chi connectivity index (χ3v) is 4.72. The molecular weight excluding hydrogens is 314 g/mol. The van der Waals surface area contributed by atoms with Gasteiger partial charge in [-0.15, -0.1) is 12.4 Å². The van der Waals surface area contributed by atoms with Crippen LogP contribution in [0.25, 0.3) is 0 Å². The van der Waals surface area contributed by atoms with Crippen LogP contribution in [0.2, 0.25) is 0 Å². The Labute approximate surface area is 143 Å². The minimum absolute atomic E-state index is 0. The van der Waals surface area contributed by atoms with Crippen LogP contribution in [0.5, 0.6) is 0 Å². The molecule has 6 heteroatoms. The van der Waals surface area contributed by atoms with Crippen molar-refractivity contribution in [3.05, 3.63) is 29.8 Å². The number of halogens is 1. The van der Waals surface area contributed by atoms with Crippen molar-refractivity contribution >= 4 is 29.9 Å². The van der Waals surface area contributed by atoms with E-state index in [0.29, 0.717) is 5.92 Å². The first-order chi connectivity index (χ1) is 10.7. The lowest BCUT2D eigenvalue weighted by Gasteiger charge is -2.35. The quantitative estimate of drug-likeness (QED) is 0.886. The number of anilines is 1. The number of hydrogen-bond acceptors (Lipinski definition) is 3. The fourth-order valence-electron chi connectivity index (χ4n) is 3.50. The van der Waals surface area contributed by atoms with Gasteiger partial charge in [-0.2, -0.15) is 0 Å². The number of amides is 2. The van der Waals surface area contributed by atoms with E-state index in [4.69, 9.17) is 0 Å². The maximum Gasteiger partial charge on any atom is 0.230 e. The minimum atomic E-state index is -0.328. The monoisotopic (exact) mass is 337 g/mol. The van der Waals surface area contributed by atoms with Crippen molar-refractivity contribution in [2.45, 2.75) is 25.2 Å². The summed E-state index contributed by atoms with van der Waals surface area (Å²) < 4.78 is 0. The summed E-state index contributed by atoms with van der Waals surface area (Å²) in [5.74, 6) is 0.356. The zero-order valence-electron chi connectivity index (χ0n) is 13.4. The molecule has 1 atom stereocenters. The van der Waals surface area contributed by atoms with E-state index < -0.39 is 0 Å². The van der Waals surface area contributed by atoms with Crippen molar-refractivity contribution in [2.24, 2.45) is 5.92 Å². The lowest BCUT2D eigenvalue weighted by molar-refractivity contribution is -0.136. The Morgan fingerprint density at radius 3 is 2.70 bits per heavy atom. The number of carbonyl (C=O) groups is 2. The number of nitrogens with zero attached hydrogens (tertiary/aromatic N) is 1. The van der Waals surface area contributed by atoms with E-state index in [1.807, 2.05) is 36.2 Å². The average Bonchev–Trinajstić information content (AvgIpc) is 2.54. The van der Waals surface area contributed by atoms with Crippen LogP contribution in [0.15, 0.2) is 24.3 Å². The highest BCUT2D eigenvalue weighted by molar-refractivity contribution is 6.01. The molecule has 23 heavy (non-hydrogen) atoms. The number of likely N-dealkylation sites (tertiary alicyclic amines) is 1. The Kier molecular flexibility index (Phi) is 6.02. The Balaban J connectivity index is 0.00000192. The first-order valence-electron chi connectivity index (χ1n) is 8.01. The highest BCUT2D eigenvalue weighted by Gasteiger charge is 2.34. The molecule has 1 unspecified atom stereocenters. The summed E-state index contributed by atoms with van der Waals surface area (Å²) in [4.78, 5) is 26.7. The van der Waals surface area contributed by atoms with Gasteiger partial charge >= 0.3 is 0 Å². The zero-order valence-corrected chi connectivity index (χ0v) is 14.2. The van der Waals surface area contributed by atoms with Crippen molar-refractivity contribution in [1.82, 2.24) is 10.2 Å². The van der Waals surface area contributed by atoms with Gasteiger partial charge in [0.2, 0.25) is 11.8 Å². The molecule has 126 valence electrons. The molecule has 3 rings (SSSR count). The number of carbonyl (C=O) groups excluding carboxylic acids is 2. The smallest absolute Gasteiger partial charge is 0.230 e. The zero-order chi connectivity index (χ0) is 15.5. The lowest BCUT2D eigenvalue weighted by atomic mass is 9.88. The molecule has 1 fully saturated rings. The molecule has 2 N–H and O–H groups in total. The summed E-state index contributed by atoms with van der Waals surface area (Å²) in [6.07, 6.45) is 2.33. The van der Waals surface area contributed by atoms with Crippen LogP contribution in [-0.4, -0.2) is 43.4 Å². The molecule has 0 aliphatic carbocycles. The van der Waals surface area contributed by atoms with Crippen LogP contribution in [0, 0.1) is 5.92 Å². The minimum Gasteiger partial charge on any atom is -0.342 e. The molecule has 0 aromatic heterocycles. The Morgan fingerprint density at radius 2 is 2.00 bits per heavy atom. The van der Waals surface area contributed by atoms with E-state index in [-0.39, 0.29) is 36.6 Å². The largest absolute Gasteiger partial charge is 0.342 e. The van der Waals surface area contributed by atoms with Crippen molar-refractivity contribution in [3.8, 4) is 0 Å². The van der Waals surface area contributed by atoms with Crippen LogP contribution < -0.4 is 10.6 Å². The summed E-state index contributed by atoms with van der Waals surface area (Å²) in [7, 11) is 1.97. The maximum absolute atomic E-state index is 12.9. The first-order valence-corrected chi connectivity index (χ1v) is 8.01. The van der Waals surface area contributed by atoms with Gasteiger partial charge in [0.05, 0.1) is 5.92 Å². The van der Waals surface area contributed by atoms with Crippen LogP contribution in [-0.2, 0) is 9.59 Å². The second-order valence-corrected chi connectivity index (χ2v) is 6.22. The van der Waals surface area contributed by atoms with E-state index in [1.165, 1.54) is 0 Å². The van der Waals surface area contributed by atoms with Gasteiger partial charge < -0.3 is 15.5 Å². The summed E-state index contributed by atoms with van der Waals surface area (Å²) >= 11 is 0. The molecule has 0 saturated carbocycles. The van der Waals surface area contributed by atoms with Gasteiger partial charge in [0.25, 0.3) is 0 Å². The molecule has 2 aliphatic heterocycles. The van der Waals surface area contributed by atoms with E-state index in [0.717, 1.165) is 43.7 Å². The number of para-hydroxylation sites is 1. The van der Waals surface area contributed by atoms with Crippen LogP contribution in [0.3, 0.4) is 0 Å². The lowest BCUT2D eigenvalue weighted by Crippen LogP contribution is -2.44. The highest BCUT2D eigenvalue weighted by Crippen LogP contribution is 2.34. The molecule has 2 heterocycles. The van der Waals surface area contributed by atoms with Crippen LogP contribution >= 0.6 is 12.4 Å². The molecule has 1 aromatic carbocycles. The predicted molar refractivity (Wildman–Crippen MR) is 92.9 cm³/mol. The fourth-order valence-corrected chi connectivity index (χ4v) is 3.50. The van der Waals surface area contributed by atoms with E-state index in [9.17, 15) is 9.59 Å². The van der Waals surface area contributed by atoms with E-state index >= 15 is 0 Å². The fraction of sp³-hybridized carbons (Fsp3) is 0.529. The van der Waals surface area contributed by atoms with E-state index in [2.05, 4.69) is 10.6 Å². The molecule has 2 amide bonds. The molecule has 2 aliphatic rings. The number of hydrogen-bond donors (Lipinski definition) is 2. The van der Waals surface area contributed by atoms with Crippen molar-refractivity contribution in [1.29, 1.82) is 0 Å². The number of benzene rings is 1. The van der Waals surface area contributed by atoms with Crippen molar-refractivity contribution in [2.75, 3.05) is 32.0 Å². The number of rotatable bonds is 3. The Bertz CT molecular complexity index is 571. The standard InChI is InChI=1S/C17H23N3O2.ClH/c1-18-11-12-6-8-20(9-7-12)17(22)14-10-16(21)19-15-5-3-2-4-13(14)15;/h2-5,12,14,18H,6-11H2,1H3,(H,19,21);1H. The first kappa shape index (κ1) is 17.8. The Hall–Kier alpha value is -1.59. The number of piperidine rings is 1. The van der Waals surface area contributed by atoms with E-state index in [1.54, 1.807) is 0 Å². The summed E-state index contributed by atoms with van der Waals surface area (Å²) in [6, 6.07) is 7.63. The second kappa shape index (κ2) is 7.79. The topological polar surface area (TPSA) is 61.4 Å². The molecule has 1 aromatic rings. The third-order valence-electron chi connectivity index (χ3n) is 4.72. The van der Waals surface area contributed by atoms with Gasteiger partial charge in [0, 0.05) is 25.2 Å². The van der Waals surface area contributed by atoms with Gasteiger partial charge in [-0.1, -0.05) is 18.2 Å². The second-order valence-electron chi connectivity index (χ2n) is 6.22. The van der Waals surface area contributed by atoms with Crippen LogP contribution in [0.4, 0.5) is 5.69 Å². The summed E-state index contributed by atoms with van der Waals surface area (Å²) in [6.45, 7) is 2.60. The molecule has 1 saturated heterocycles. The van der Waals surface area contributed by atoms with Gasteiger partial charge in [-0.3, -0.25) is 9.59 Å². The van der Waals surface area contributed by atoms with Gasteiger partial charge in [-0.05, 0) is 44.0 Å². The summed E-state index contributed by atoms with van der Waals surface area (Å²) in [5, 5.41) is 6.06. The maximum atomic E-state index is 12.9. The van der Waals surface area contributed by atoms with Gasteiger partial charge in [0.15, 0.2) is 0 Å². The molecular formula is C17H24ClN3O2. The Morgan fingerprint density at radius 1 is 1.30 bits per heavy atom. The summed E-state index contributed by atoms with van der Waals surface area (Å²) in [5.41, 5.74) is 1.73. The van der Waals surface area contributed by atoms with Crippen LogP contribution in [0.1, 0.15) is 30.7 Å². The highest BCUT2D eigenvalue weighted by atomic mass is 35.5. The van der Waals surface area contributed by atoms with Gasteiger partial charge in [0.1, 0.15) is 0 Å². The average molecular weight is 338 g/mol. The van der Waals surface area contributed by atoms with Crippen molar-refractivity contribution < 1.29 is 9.59 Å².